The van der Waals surface area contributed by atoms with Gasteiger partial charge in [-0.1, -0.05) is 48.5 Å². The average Bonchev–Trinajstić information content (AvgIpc) is 2.82. The van der Waals surface area contributed by atoms with E-state index in [2.05, 4.69) is 52.8 Å². The number of hydrogen-bond donors (Lipinski definition) is 0. The summed E-state index contributed by atoms with van der Waals surface area (Å²) in [5, 5.41) is 0. The summed E-state index contributed by atoms with van der Waals surface area (Å²) in [6.07, 6.45) is 2.96. The highest BCUT2D eigenvalue weighted by Crippen LogP contribution is 2.40. The summed E-state index contributed by atoms with van der Waals surface area (Å²) < 4.78 is 25.7. The van der Waals surface area contributed by atoms with Gasteiger partial charge in [0.15, 0.2) is 0 Å². The van der Waals surface area contributed by atoms with Crippen LogP contribution in [0, 0.1) is 5.82 Å². The average molecular weight is 366 g/mol. The smallest absolute Gasteiger partial charge is 0.403 e. The van der Waals surface area contributed by atoms with Gasteiger partial charge in [0.2, 0.25) is 0 Å². The fourth-order valence-electron chi connectivity index (χ4n) is 3.38. The molecule has 0 amide bonds. The van der Waals surface area contributed by atoms with E-state index >= 15 is 0 Å². The van der Waals surface area contributed by atoms with Gasteiger partial charge in [0.1, 0.15) is 5.82 Å². The van der Waals surface area contributed by atoms with Gasteiger partial charge in [-0.3, -0.25) is 0 Å². The largest absolute Gasteiger partial charge is 0.458 e. The van der Waals surface area contributed by atoms with Crippen molar-refractivity contribution in [3.8, 4) is 0 Å². The van der Waals surface area contributed by atoms with Crippen LogP contribution in [0.25, 0.3) is 5.57 Å². The number of hydrogen-bond acceptors (Lipinski definition) is 2. The first-order valence-electron chi connectivity index (χ1n) is 9.53. The van der Waals surface area contributed by atoms with Crippen molar-refractivity contribution in [1.82, 2.24) is 0 Å². The molecule has 0 spiro atoms. The summed E-state index contributed by atoms with van der Waals surface area (Å²) >= 11 is 0. The van der Waals surface area contributed by atoms with E-state index in [1.165, 1.54) is 17.7 Å². The standard InChI is InChI=1S/C23H28BFO2/c1-17(18-11-13-21(25)14-12-18)15-20(19-9-7-6-8-10-19)16-24-26-22(2,3)23(4,5)27-24/h6-15,20H,16H2,1-5H3/b17-15+. The molecule has 1 saturated heterocycles. The fourth-order valence-corrected chi connectivity index (χ4v) is 3.38. The summed E-state index contributed by atoms with van der Waals surface area (Å²) in [4.78, 5) is 0. The van der Waals surface area contributed by atoms with Crippen molar-refractivity contribution < 1.29 is 13.7 Å². The van der Waals surface area contributed by atoms with Gasteiger partial charge in [-0.15, -0.1) is 0 Å². The van der Waals surface area contributed by atoms with E-state index in [0.29, 0.717) is 0 Å². The first-order valence-corrected chi connectivity index (χ1v) is 9.53. The van der Waals surface area contributed by atoms with Crippen LogP contribution in [0.5, 0.6) is 0 Å². The van der Waals surface area contributed by atoms with Crippen LogP contribution in [0.2, 0.25) is 6.32 Å². The number of halogens is 1. The highest BCUT2D eigenvalue weighted by molar-refractivity contribution is 6.45. The molecule has 1 fully saturated rings. The quantitative estimate of drug-likeness (QED) is 0.595. The van der Waals surface area contributed by atoms with Crippen LogP contribution in [0.3, 0.4) is 0 Å². The lowest BCUT2D eigenvalue weighted by molar-refractivity contribution is 0.00578. The van der Waals surface area contributed by atoms with Crippen LogP contribution < -0.4 is 0 Å². The van der Waals surface area contributed by atoms with Crippen molar-refractivity contribution in [1.29, 1.82) is 0 Å². The van der Waals surface area contributed by atoms with Crippen LogP contribution in [0.15, 0.2) is 60.7 Å². The number of allylic oxidation sites excluding steroid dienone is 2. The Balaban J connectivity index is 1.86. The molecule has 1 aliphatic rings. The summed E-state index contributed by atoms with van der Waals surface area (Å²) in [5.41, 5.74) is 2.67. The molecule has 0 N–H and O–H groups in total. The van der Waals surface area contributed by atoms with Gasteiger partial charge in [-0.05, 0) is 69.8 Å². The van der Waals surface area contributed by atoms with E-state index in [-0.39, 0.29) is 30.1 Å². The van der Waals surface area contributed by atoms with Gasteiger partial charge in [-0.25, -0.2) is 4.39 Å². The van der Waals surface area contributed by atoms with Gasteiger partial charge in [0, 0.05) is 5.92 Å². The first kappa shape index (κ1) is 19.8. The van der Waals surface area contributed by atoms with Crippen LogP contribution in [0.1, 0.15) is 51.7 Å². The summed E-state index contributed by atoms with van der Waals surface area (Å²) in [6, 6.07) is 17.0. The SMILES string of the molecule is C/C(=C\C(CB1OC(C)(C)C(C)(C)O1)c1ccccc1)c1ccc(F)cc1. The van der Waals surface area contributed by atoms with Crippen molar-refractivity contribution in [2.75, 3.05) is 0 Å². The lowest BCUT2D eigenvalue weighted by atomic mass is 9.74. The van der Waals surface area contributed by atoms with Crippen molar-refractivity contribution in [2.45, 2.75) is 58.1 Å². The Labute approximate surface area is 162 Å². The minimum atomic E-state index is -0.339. The molecule has 0 aliphatic carbocycles. The van der Waals surface area contributed by atoms with Gasteiger partial charge in [0.25, 0.3) is 0 Å². The molecule has 27 heavy (non-hydrogen) atoms. The third kappa shape index (κ3) is 4.51. The van der Waals surface area contributed by atoms with E-state index in [9.17, 15) is 4.39 Å². The topological polar surface area (TPSA) is 18.5 Å². The molecule has 4 heteroatoms. The molecule has 2 aromatic rings. The Hall–Kier alpha value is -1.91. The molecule has 1 atom stereocenters. The van der Waals surface area contributed by atoms with Crippen molar-refractivity contribution in [3.05, 3.63) is 77.6 Å². The molecule has 142 valence electrons. The van der Waals surface area contributed by atoms with Crippen molar-refractivity contribution >= 4 is 12.7 Å². The maximum absolute atomic E-state index is 13.2. The first-order chi connectivity index (χ1) is 12.7. The molecule has 0 bridgehead atoms. The number of benzene rings is 2. The molecule has 0 saturated carbocycles. The molecule has 1 heterocycles. The van der Waals surface area contributed by atoms with Gasteiger partial charge in [0.05, 0.1) is 11.2 Å². The Morgan fingerprint density at radius 2 is 1.52 bits per heavy atom. The zero-order chi connectivity index (χ0) is 19.7. The molecule has 1 unspecified atom stereocenters. The highest BCUT2D eigenvalue weighted by atomic mass is 19.1. The third-order valence-electron chi connectivity index (χ3n) is 5.73. The zero-order valence-electron chi connectivity index (χ0n) is 16.8. The van der Waals surface area contributed by atoms with E-state index in [1.807, 2.05) is 30.3 Å². The van der Waals surface area contributed by atoms with Crippen molar-refractivity contribution in [3.63, 3.8) is 0 Å². The molecular formula is C23H28BFO2. The van der Waals surface area contributed by atoms with E-state index in [0.717, 1.165) is 17.5 Å². The number of rotatable bonds is 5. The summed E-state index contributed by atoms with van der Waals surface area (Å²) in [6.45, 7) is 10.4. The molecular weight excluding hydrogens is 338 g/mol. The fraction of sp³-hybridized carbons (Fsp3) is 0.391. The van der Waals surface area contributed by atoms with Gasteiger partial charge < -0.3 is 9.31 Å². The monoisotopic (exact) mass is 366 g/mol. The predicted molar refractivity (Wildman–Crippen MR) is 110 cm³/mol. The maximum Gasteiger partial charge on any atom is 0.458 e. The Bertz CT molecular complexity index is 781. The molecule has 1 aliphatic heterocycles. The van der Waals surface area contributed by atoms with Crippen LogP contribution in [-0.4, -0.2) is 18.3 Å². The minimum Gasteiger partial charge on any atom is -0.403 e. The van der Waals surface area contributed by atoms with Gasteiger partial charge >= 0.3 is 7.12 Å². The summed E-state index contributed by atoms with van der Waals surface area (Å²) in [7, 11) is -0.266. The van der Waals surface area contributed by atoms with E-state index < -0.39 is 0 Å². The second kappa shape index (κ2) is 7.61. The second-order valence-electron chi connectivity index (χ2n) is 8.30. The molecule has 2 aromatic carbocycles. The molecule has 3 rings (SSSR count). The Morgan fingerprint density at radius 1 is 0.963 bits per heavy atom. The zero-order valence-corrected chi connectivity index (χ0v) is 16.8. The van der Waals surface area contributed by atoms with Crippen LogP contribution >= 0.6 is 0 Å². The minimum absolute atomic E-state index is 0.144. The normalized spacial score (nSPS) is 19.9. The molecule has 0 aromatic heterocycles. The predicted octanol–water partition coefficient (Wildman–Crippen LogP) is 6.11. The van der Waals surface area contributed by atoms with Crippen LogP contribution in [-0.2, 0) is 9.31 Å². The third-order valence-corrected chi connectivity index (χ3v) is 5.73. The Morgan fingerprint density at radius 3 is 2.07 bits per heavy atom. The van der Waals surface area contributed by atoms with Gasteiger partial charge in [-0.2, -0.15) is 0 Å². The van der Waals surface area contributed by atoms with Crippen LogP contribution in [0.4, 0.5) is 4.39 Å². The van der Waals surface area contributed by atoms with E-state index in [1.54, 1.807) is 0 Å². The molecule has 0 radical (unpaired) electrons. The van der Waals surface area contributed by atoms with E-state index in [4.69, 9.17) is 9.31 Å². The lowest BCUT2D eigenvalue weighted by Crippen LogP contribution is -2.41. The lowest BCUT2D eigenvalue weighted by Gasteiger charge is -2.32. The second-order valence-corrected chi connectivity index (χ2v) is 8.30. The van der Waals surface area contributed by atoms with Crippen molar-refractivity contribution in [2.24, 2.45) is 0 Å². The Kier molecular flexibility index (Phi) is 5.59. The highest BCUT2D eigenvalue weighted by Gasteiger charge is 2.51. The summed E-state index contributed by atoms with van der Waals surface area (Å²) in [5.74, 6) is -0.0747. The maximum atomic E-state index is 13.2. The molecule has 2 nitrogen and oxygen atoms in total.